The molecule has 1 atom stereocenters. The molecule has 3 rings (SSSR count). The van der Waals surface area contributed by atoms with Gasteiger partial charge in [-0.25, -0.2) is 0 Å². The van der Waals surface area contributed by atoms with E-state index in [1.807, 2.05) is 6.07 Å². The molecule has 5 heteroatoms. The van der Waals surface area contributed by atoms with Crippen molar-refractivity contribution >= 4 is 5.91 Å². The van der Waals surface area contributed by atoms with Crippen LogP contribution in [0, 0.1) is 0 Å². The standard InChI is InChI=1S/C20H25N3O2/c1-22-15-17(10-11-19(22)24)20(25)21-13-18-9-5-6-12-23(18)14-16-7-3-2-4-8-16/h2-4,7-8,10-11,15,18H,5-6,9,12-14H2,1H3,(H,21,25)/t18-/m0/s1. The van der Waals surface area contributed by atoms with Gasteiger partial charge in [-0.3, -0.25) is 14.5 Å². The van der Waals surface area contributed by atoms with Gasteiger partial charge in [-0.1, -0.05) is 36.8 Å². The fourth-order valence-electron chi connectivity index (χ4n) is 3.36. The highest BCUT2D eigenvalue weighted by atomic mass is 16.2. The third-order valence-electron chi connectivity index (χ3n) is 4.82. The van der Waals surface area contributed by atoms with Crippen LogP contribution in [0.25, 0.3) is 0 Å². The molecule has 0 unspecified atom stereocenters. The summed E-state index contributed by atoms with van der Waals surface area (Å²) in [4.78, 5) is 26.3. The zero-order valence-corrected chi connectivity index (χ0v) is 14.6. The van der Waals surface area contributed by atoms with Crippen LogP contribution in [0.15, 0.2) is 53.5 Å². The van der Waals surface area contributed by atoms with Gasteiger partial charge >= 0.3 is 0 Å². The number of carbonyl (C=O) groups is 1. The second-order valence-corrected chi connectivity index (χ2v) is 6.68. The molecule has 25 heavy (non-hydrogen) atoms. The number of pyridine rings is 1. The zero-order chi connectivity index (χ0) is 17.6. The minimum atomic E-state index is -0.124. The number of rotatable bonds is 5. The monoisotopic (exact) mass is 339 g/mol. The number of amides is 1. The van der Waals surface area contributed by atoms with Crippen molar-refractivity contribution < 1.29 is 4.79 Å². The highest BCUT2D eigenvalue weighted by Gasteiger charge is 2.23. The maximum atomic E-state index is 12.4. The predicted molar refractivity (Wildman–Crippen MR) is 98.5 cm³/mol. The molecule has 2 aromatic rings. The lowest BCUT2D eigenvalue weighted by atomic mass is 10.0. The summed E-state index contributed by atoms with van der Waals surface area (Å²) in [5.74, 6) is -0.124. The summed E-state index contributed by atoms with van der Waals surface area (Å²) in [5, 5.41) is 3.04. The number of carbonyl (C=O) groups excluding carboxylic acids is 1. The van der Waals surface area contributed by atoms with Crippen molar-refractivity contribution in [3.63, 3.8) is 0 Å². The van der Waals surface area contributed by atoms with Crippen LogP contribution in [0.5, 0.6) is 0 Å². The minimum Gasteiger partial charge on any atom is -0.350 e. The molecule has 1 aliphatic heterocycles. The molecule has 1 fully saturated rings. The Morgan fingerprint density at radius 2 is 1.96 bits per heavy atom. The molecule has 1 aromatic heterocycles. The van der Waals surface area contributed by atoms with Crippen LogP contribution >= 0.6 is 0 Å². The van der Waals surface area contributed by atoms with Gasteiger partial charge in [0.1, 0.15) is 0 Å². The van der Waals surface area contributed by atoms with Gasteiger partial charge < -0.3 is 9.88 Å². The number of hydrogen-bond acceptors (Lipinski definition) is 3. The van der Waals surface area contributed by atoms with E-state index in [9.17, 15) is 9.59 Å². The predicted octanol–water partition coefficient (Wildman–Crippen LogP) is 2.17. The van der Waals surface area contributed by atoms with Crippen LogP contribution in [0.4, 0.5) is 0 Å². The molecule has 0 radical (unpaired) electrons. The number of hydrogen-bond donors (Lipinski definition) is 1. The van der Waals surface area contributed by atoms with Gasteiger partial charge in [-0.05, 0) is 31.0 Å². The number of aryl methyl sites for hydroxylation is 1. The third kappa shape index (κ3) is 4.57. The Labute approximate surface area is 148 Å². The fourth-order valence-corrected chi connectivity index (χ4v) is 3.36. The second-order valence-electron chi connectivity index (χ2n) is 6.68. The van der Waals surface area contributed by atoms with E-state index in [4.69, 9.17) is 0 Å². The molecule has 1 N–H and O–H groups in total. The summed E-state index contributed by atoms with van der Waals surface area (Å²) < 4.78 is 1.43. The van der Waals surface area contributed by atoms with Gasteiger partial charge in [0.15, 0.2) is 0 Å². The number of nitrogens with zero attached hydrogens (tertiary/aromatic N) is 2. The molecule has 132 valence electrons. The van der Waals surface area contributed by atoms with Crippen LogP contribution in [-0.4, -0.2) is 34.5 Å². The molecule has 0 spiro atoms. The van der Waals surface area contributed by atoms with Gasteiger partial charge in [0.05, 0.1) is 5.56 Å². The Morgan fingerprint density at radius 3 is 2.72 bits per heavy atom. The summed E-state index contributed by atoms with van der Waals surface area (Å²) in [6, 6.07) is 13.8. The Balaban J connectivity index is 1.60. The number of nitrogens with one attached hydrogen (secondary N) is 1. The number of aromatic nitrogens is 1. The smallest absolute Gasteiger partial charge is 0.252 e. The van der Waals surface area contributed by atoms with E-state index in [1.165, 1.54) is 29.0 Å². The summed E-state index contributed by atoms with van der Waals surface area (Å²) in [7, 11) is 1.65. The molecule has 1 saturated heterocycles. The molecule has 0 aliphatic carbocycles. The lowest BCUT2D eigenvalue weighted by Gasteiger charge is -2.35. The Kier molecular flexibility index (Phi) is 5.66. The molecule has 5 nitrogen and oxygen atoms in total. The van der Waals surface area contributed by atoms with Crippen LogP contribution in [0.3, 0.4) is 0 Å². The normalized spacial score (nSPS) is 18.0. The van der Waals surface area contributed by atoms with Crippen molar-refractivity contribution in [2.24, 2.45) is 7.05 Å². The van der Waals surface area contributed by atoms with Crippen LogP contribution in [0.1, 0.15) is 35.2 Å². The lowest BCUT2D eigenvalue weighted by molar-refractivity contribution is 0.0907. The number of benzene rings is 1. The highest BCUT2D eigenvalue weighted by Crippen LogP contribution is 2.19. The van der Waals surface area contributed by atoms with Gasteiger partial charge in [0.2, 0.25) is 5.56 Å². The van der Waals surface area contributed by atoms with E-state index in [-0.39, 0.29) is 11.5 Å². The number of likely N-dealkylation sites (tertiary alicyclic amines) is 1. The Morgan fingerprint density at radius 1 is 1.16 bits per heavy atom. The average Bonchev–Trinajstić information content (AvgIpc) is 2.64. The van der Waals surface area contributed by atoms with Crippen molar-refractivity contribution in [3.8, 4) is 0 Å². The van der Waals surface area contributed by atoms with Crippen LogP contribution in [0.2, 0.25) is 0 Å². The number of piperidine rings is 1. The molecule has 1 amide bonds. The van der Waals surface area contributed by atoms with Gasteiger partial charge in [-0.2, -0.15) is 0 Å². The largest absolute Gasteiger partial charge is 0.350 e. The molecule has 0 bridgehead atoms. The molecule has 0 saturated carbocycles. The van der Waals surface area contributed by atoms with E-state index in [0.717, 1.165) is 19.5 Å². The maximum absolute atomic E-state index is 12.4. The summed E-state index contributed by atoms with van der Waals surface area (Å²) in [5.41, 5.74) is 1.71. The first-order valence-electron chi connectivity index (χ1n) is 8.86. The van der Waals surface area contributed by atoms with Crippen molar-refractivity contribution in [2.45, 2.75) is 31.8 Å². The molecule has 1 aliphatic rings. The van der Waals surface area contributed by atoms with E-state index >= 15 is 0 Å². The molecule has 2 heterocycles. The first-order valence-corrected chi connectivity index (χ1v) is 8.86. The van der Waals surface area contributed by atoms with Crippen LogP contribution < -0.4 is 10.9 Å². The maximum Gasteiger partial charge on any atom is 0.252 e. The summed E-state index contributed by atoms with van der Waals surface area (Å²) in [6.45, 7) is 2.62. The Bertz CT molecular complexity index is 770. The summed E-state index contributed by atoms with van der Waals surface area (Å²) >= 11 is 0. The topological polar surface area (TPSA) is 54.3 Å². The first kappa shape index (κ1) is 17.4. The molecule has 1 aromatic carbocycles. The van der Waals surface area contributed by atoms with Gasteiger partial charge in [0.25, 0.3) is 5.91 Å². The first-order chi connectivity index (χ1) is 12.1. The quantitative estimate of drug-likeness (QED) is 0.908. The average molecular weight is 339 g/mol. The van der Waals surface area contributed by atoms with Crippen LogP contribution in [-0.2, 0) is 13.6 Å². The SMILES string of the molecule is Cn1cc(C(=O)NC[C@@H]2CCCCN2Cc2ccccc2)ccc1=O. The van der Waals surface area contributed by atoms with Crippen molar-refractivity contribution in [1.82, 2.24) is 14.8 Å². The molecular formula is C20H25N3O2. The van der Waals surface area contributed by atoms with Crippen molar-refractivity contribution in [1.29, 1.82) is 0 Å². The van der Waals surface area contributed by atoms with E-state index < -0.39 is 0 Å². The van der Waals surface area contributed by atoms with E-state index in [1.54, 1.807) is 19.3 Å². The second kappa shape index (κ2) is 8.12. The summed E-state index contributed by atoms with van der Waals surface area (Å²) in [6.07, 6.45) is 5.09. The van der Waals surface area contributed by atoms with Gasteiger partial charge in [-0.15, -0.1) is 0 Å². The zero-order valence-electron chi connectivity index (χ0n) is 14.6. The van der Waals surface area contributed by atoms with Crippen molar-refractivity contribution in [2.75, 3.05) is 13.1 Å². The lowest BCUT2D eigenvalue weighted by Crippen LogP contribution is -2.46. The highest BCUT2D eigenvalue weighted by molar-refractivity contribution is 5.93. The minimum absolute atomic E-state index is 0.113. The van der Waals surface area contributed by atoms with Gasteiger partial charge in [0, 0.05) is 38.4 Å². The van der Waals surface area contributed by atoms with Crippen molar-refractivity contribution in [3.05, 3.63) is 70.1 Å². The Hall–Kier alpha value is -2.40. The van der Waals surface area contributed by atoms with E-state index in [2.05, 4.69) is 34.5 Å². The third-order valence-corrected chi connectivity index (χ3v) is 4.82. The van der Waals surface area contributed by atoms with E-state index in [0.29, 0.717) is 18.2 Å². The molecular weight excluding hydrogens is 314 g/mol. The fraction of sp³-hybridized carbons (Fsp3) is 0.400.